The summed E-state index contributed by atoms with van der Waals surface area (Å²) >= 11 is 0. The first kappa shape index (κ1) is 13.7. The molecule has 1 heterocycles. The average Bonchev–Trinajstić information content (AvgIpc) is 2.41. The third kappa shape index (κ3) is 2.68. The molecule has 1 aromatic rings. The summed E-state index contributed by atoms with van der Waals surface area (Å²) in [7, 11) is 0. The highest BCUT2D eigenvalue weighted by Crippen LogP contribution is 2.28. The molecule has 0 spiro atoms. The fraction of sp³-hybridized carbons (Fsp3) is 0.467. The van der Waals surface area contributed by atoms with Crippen molar-refractivity contribution >= 4 is 11.7 Å². The average molecular weight is 261 g/mol. The van der Waals surface area contributed by atoms with Gasteiger partial charge in [0.1, 0.15) is 0 Å². The fourth-order valence-electron chi connectivity index (χ4n) is 2.40. The summed E-state index contributed by atoms with van der Waals surface area (Å²) in [5.74, 6) is -0.569. The van der Waals surface area contributed by atoms with Crippen LogP contribution in [0.25, 0.3) is 0 Å². The Morgan fingerprint density at radius 3 is 2.58 bits per heavy atom. The lowest BCUT2D eigenvalue weighted by molar-refractivity contribution is -0.149. The molecule has 19 heavy (non-hydrogen) atoms. The zero-order valence-corrected chi connectivity index (χ0v) is 11.3. The van der Waals surface area contributed by atoms with Crippen LogP contribution < -0.4 is 5.32 Å². The molecule has 1 atom stereocenters. The van der Waals surface area contributed by atoms with E-state index in [1.165, 1.54) is 0 Å². The second-order valence-corrected chi connectivity index (χ2v) is 5.05. The van der Waals surface area contributed by atoms with Crippen LogP contribution in [-0.4, -0.2) is 29.9 Å². The number of hydrogen-bond donors (Lipinski definition) is 1. The number of Topliss-reactive ketones (excluding diaryl/α,β-unsaturated/α-hetero) is 1. The van der Waals surface area contributed by atoms with Gasteiger partial charge in [0.15, 0.2) is 0 Å². The van der Waals surface area contributed by atoms with Gasteiger partial charge in [0.25, 0.3) is 5.91 Å². The standard InChI is InChI=1S/C15H19NO3/c1-11(2)19-15(9-6-10-16-14(15)18)13(17)12-7-4-3-5-8-12/h3-5,7-8,11H,6,9-10H2,1-2H3,(H,16,18). The first-order valence-corrected chi connectivity index (χ1v) is 6.62. The van der Waals surface area contributed by atoms with E-state index in [0.717, 1.165) is 6.42 Å². The Morgan fingerprint density at radius 2 is 2.00 bits per heavy atom. The molecular weight excluding hydrogens is 242 g/mol. The highest BCUT2D eigenvalue weighted by Gasteiger charge is 2.49. The number of hydrogen-bond acceptors (Lipinski definition) is 3. The maximum Gasteiger partial charge on any atom is 0.260 e. The molecule has 0 aliphatic carbocycles. The molecule has 1 aliphatic rings. The number of benzene rings is 1. The van der Waals surface area contributed by atoms with E-state index in [2.05, 4.69) is 5.32 Å². The van der Waals surface area contributed by atoms with Crippen LogP contribution in [0.1, 0.15) is 37.0 Å². The van der Waals surface area contributed by atoms with Crippen molar-refractivity contribution in [1.29, 1.82) is 0 Å². The molecule has 1 amide bonds. The molecule has 0 radical (unpaired) electrons. The van der Waals surface area contributed by atoms with Crippen molar-refractivity contribution in [3.05, 3.63) is 35.9 Å². The molecule has 1 aromatic carbocycles. The lowest BCUT2D eigenvalue weighted by Gasteiger charge is -2.36. The predicted octanol–water partition coefficient (Wildman–Crippen LogP) is 1.94. The van der Waals surface area contributed by atoms with Gasteiger partial charge in [-0.15, -0.1) is 0 Å². The van der Waals surface area contributed by atoms with Crippen LogP contribution in [0.4, 0.5) is 0 Å². The van der Waals surface area contributed by atoms with Gasteiger partial charge in [0.2, 0.25) is 11.4 Å². The number of piperidine rings is 1. The van der Waals surface area contributed by atoms with Crippen molar-refractivity contribution in [2.75, 3.05) is 6.54 Å². The summed E-state index contributed by atoms with van der Waals surface area (Å²) in [6.45, 7) is 4.27. The van der Waals surface area contributed by atoms with Gasteiger partial charge >= 0.3 is 0 Å². The van der Waals surface area contributed by atoms with Crippen molar-refractivity contribution < 1.29 is 14.3 Å². The molecule has 1 saturated heterocycles. The van der Waals surface area contributed by atoms with Crippen molar-refractivity contribution in [3.63, 3.8) is 0 Å². The monoisotopic (exact) mass is 261 g/mol. The minimum Gasteiger partial charge on any atom is -0.354 e. The summed E-state index contributed by atoms with van der Waals surface area (Å²) < 4.78 is 5.75. The number of nitrogens with one attached hydrogen (secondary N) is 1. The SMILES string of the molecule is CC(C)OC1(C(=O)c2ccccc2)CCCNC1=O. The Morgan fingerprint density at radius 1 is 1.32 bits per heavy atom. The van der Waals surface area contributed by atoms with E-state index in [4.69, 9.17) is 4.74 Å². The van der Waals surface area contributed by atoms with Gasteiger partial charge < -0.3 is 10.1 Å². The normalized spacial score (nSPS) is 23.2. The zero-order valence-electron chi connectivity index (χ0n) is 11.3. The second kappa shape index (κ2) is 5.53. The van der Waals surface area contributed by atoms with Gasteiger partial charge in [-0.3, -0.25) is 9.59 Å². The summed E-state index contributed by atoms with van der Waals surface area (Å²) in [4.78, 5) is 24.9. The van der Waals surface area contributed by atoms with Crippen LogP contribution in [0, 0.1) is 0 Å². The van der Waals surface area contributed by atoms with E-state index < -0.39 is 5.60 Å². The van der Waals surface area contributed by atoms with Gasteiger partial charge in [-0.1, -0.05) is 30.3 Å². The largest absolute Gasteiger partial charge is 0.354 e. The van der Waals surface area contributed by atoms with E-state index >= 15 is 0 Å². The Bertz CT molecular complexity index is 470. The molecular formula is C15H19NO3. The van der Waals surface area contributed by atoms with E-state index in [1.807, 2.05) is 19.9 Å². The maximum atomic E-state index is 12.7. The predicted molar refractivity (Wildman–Crippen MR) is 72.0 cm³/mol. The highest BCUT2D eigenvalue weighted by molar-refractivity contribution is 6.17. The van der Waals surface area contributed by atoms with Gasteiger partial charge in [-0.25, -0.2) is 0 Å². The first-order valence-electron chi connectivity index (χ1n) is 6.62. The van der Waals surface area contributed by atoms with Gasteiger partial charge in [-0.05, 0) is 26.7 Å². The van der Waals surface area contributed by atoms with E-state index in [1.54, 1.807) is 24.3 Å². The molecule has 2 rings (SSSR count). The highest BCUT2D eigenvalue weighted by atomic mass is 16.5. The maximum absolute atomic E-state index is 12.7. The Labute approximate surface area is 113 Å². The molecule has 1 fully saturated rings. The Hall–Kier alpha value is -1.68. The van der Waals surface area contributed by atoms with E-state index in [0.29, 0.717) is 18.5 Å². The first-order chi connectivity index (χ1) is 9.06. The quantitative estimate of drug-likeness (QED) is 0.665. The molecule has 0 aromatic heterocycles. The molecule has 102 valence electrons. The van der Waals surface area contributed by atoms with Crippen LogP contribution in [0.15, 0.2) is 30.3 Å². The van der Waals surface area contributed by atoms with Gasteiger partial charge in [-0.2, -0.15) is 0 Å². The zero-order chi connectivity index (χ0) is 13.9. The minimum atomic E-state index is -1.37. The molecule has 1 N–H and O–H groups in total. The Balaban J connectivity index is 2.37. The number of ketones is 1. The minimum absolute atomic E-state index is 0.184. The topological polar surface area (TPSA) is 55.4 Å². The fourth-order valence-corrected chi connectivity index (χ4v) is 2.40. The lowest BCUT2D eigenvalue weighted by Crippen LogP contribution is -2.58. The third-order valence-corrected chi connectivity index (χ3v) is 3.20. The van der Waals surface area contributed by atoms with Crippen LogP contribution >= 0.6 is 0 Å². The number of carbonyl (C=O) groups excluding carboxylic acids is 2. The number of ether oxygens (including phenoxy) is 1. The Kier molecular flexibility index (Phi) is 4.00. The summed E-state index contributed by atoms with van der Waals surface area (Å²) in [5.41, 5.74) is -0.853. The third-order valence-electron chi connectivity index (χ3n) is 3.20. The molecule has 1 aliphatic heterocycles. The number of amides is 1. The van der Waals surface area contributed by atoms with Crippen molar-refractivity contribution in [2.45, 2.75) is 38.4 Å². The molecule has 1 unspecified atom stereocenters. The second-order valence-electron chi connectivity index (χ2n) is 5.05. The molecule has 4 nitrogen and oxygen atoms in total. The molecule has 4 heteroatoms. The van der Waals surface area contributed by atoms with E-state index in [9.17, 15) is 9.59 Å². The smallest absolute Gasteiger partial charge is 0.260 e. The molecule has 0 bridgehead atoms. The number of carbonyl (C=O) groups is 2. The lowest BCUT2D eigenvalue weighted by atomic mass is 9.85. The summed E-state index contributed by atoms with van der Waals surface area (Å²) in [6.07, 6.45) is 0.999. The van der Waals surface area contributed by atoms with Crippen molar-refractivity contribution in [3.8, 4) is 0 Å². The van der Waals surface area contributed by atoms with Crippen LogP contribution in [0.3, 0.4) is 0 Å². The van der Waals surface area contributed by atoms with Crippen molar-refractivity contribution in [1.82, 2.24) is 5.32 Å². The van der Waals surface area contributed by atoms with Gasteiger partial charge in [0.05, 0.1) is 6.10 Å². The van der Waals surface area contributed by atoms with Crippen LogP contribution in [0.5, 0.6) is 0 Å². The van der Waals surface area contributed by atoms with Crippen molar-refractivity contribution in [2.24, 2.45) is 0 Å². The van der Waals surface area contributed by atoms with Crippen LogP contribution in [0.2, 0.25) is 0 Å². The molecule has 0 saturated carbocycles. The summed E-state index contributed by atoms with van der Waals surface area (Å²) in [6, 6.07) is 8.85. The van der Waals surface area contributed by atoms with E-state index in [-0.39, 0.29) is 17.8 Å². The van der Waals surface area contributed by atoms with Crippen LogP contribution in [-0.2, 0) is 9.53 Å². The summed E-state index contributed by atoms with van der Waals surface area (Å²) in [5, 5.41) is 2.74. The van der Waals surface area contributed by atoms with Gasteiger partial charge in [0, 0.05) is 12.1 Å². The number of rotatable bonds is 4.